The Bertz CT molecular complexity index is 942. The molecule has 5 heteroatoms. The second-order valence-electron chi connectivity index (χ2n) is 6.40. The molecule has 0 saturated heterocycles. The lowest BCUT2D eigenvalue weighted by Crippen LogP contribution is -2.33. The number of carbonyl (C=O) groups excluding carboxylic acids is 2. The predicted octanol–water partition coefficient (Wildman–Crippen LogP) is 3.64. The second kappa shape index (κ2) is 8.64. The summed E-state index contributed by atoms with van der Waals surface area (Å²) in [5.74, 6) is -1.13. The molecule has 1 aromatic carbocycles. The third-order valence-electron chi connectivity index (χ3n) is 4.42. The van der Waals surface area contributed by atoms with Crippen molar-refractivity contribution >= 4 is 17.2 Å². The Morgan fingerprint density at radius 2 is 1.89 bits per heavy atom. The van der Waals surface area contributed by atoms with Crippen LogP contribution in [-0.4, -0.2) is 35.8 Å². The maximum absolute atomic E-state index is 12.9. The van der Waals surface area contributed by atoms with Crippen molar-refractivity contribution in [3.63, 3.8) is 0 Å². The van der Waals surface area contributed by atoms with Gasteiger partial charge in [0.05, 0.1) is 0 Å². The van der Waals surface area contributed by atoms with Gasteiger partial charge in [-0.3, -0.25) is 9.59 Å². The Balaban J connectivity index is 1.90. The van der Waals surface area contributed by atoms with Gasteiger partial charge in [0.25, 0.3) is 11.7 Å². The van der Waals surface area contributed by atoms with E-state index in [1.54, 1.807) is 4.40 Å². The summed E-state index contributed by atoms with van der Waals surface area (Å²) in [5.41, 5.74) is 4.08. The summed E-state index contributed by atoms with van der Waals surface area (Å²) in [5, 5.41) is 2.70. The van der Waals surface area contributed by atoms with Crippen LogP contribution in [0.1, 0.15) is 29.4 Å². The SMILES string of the molecule is CCOCCCNC(=O)C(=O)c1c(-c2ccc(C)cc2)cc2ccccn12. The van der Waals surface area contributed by atoms with Crippen LogP contribution in [0.5, 0.6) is 0 Å². The molecule has 3 rings (SSSR count). The Labute approximate surface area is 159 Å². The first-order valence-corrected chi connectivity index (χ1v) is 9.19. The number of hydrogen-bond donors (Lipinski definition) is 1. The van der Waals surface area contributed by atoms with Crippen LogP contribution < -0.4 is 5.32 Å². The average molecular weight is 364 g/mol. The van der Waals surface area contributed by atoms with E-state index in [0.29, 0.717) is 31.9 Å². The van der Waals surface area contributed by atoms with Gasteiger partial charge in [0.1, 0.15) is 5.69 Å². The molecule has 2 heterocycles. The largest absolute Gasteiger partial charge is 0.382 e. The van der Waals surface area contributed by atoms with Crippen LogP contribution in [0, 0.1) is 6.92 Å². The smallest absolute Gasteiger partial charge is 0.294 e. The number of ether oxygens (including phenoxy) is 1. The van der Waals surface area contributed by atoms with Crippen molar-refractivity contribution in [1.29, 1.82) is 0 Å². The molecule has 0 aliphatic carbocycles. The van der Waals surface area contributed by atoms with Crippen molar-refractivity contribution in [1.82, 2.24) is 9.72 Å². The van der Waals surface area contributed by atoms with E-state index in [9.17, 15) is 9.59 Å². The highest BCUT2D eigenvalue weighted by Gasteiger charge is 2.24. The third-order valence-corrected chi connectivity index (χ3v) is 4.42. The number of ketones is 1. The summed E-state index contributed by atoms with van der Waals surface area (Å²) in [4.78, 5) is 25.4. The molecule has 140 valence electrons. The fourth-order valence-corrected chi connectivity index (χ4v) is 3.02. The van der Waals surface area contributed by atoms with Crippen molar-refractivity contribution in [2.45, 2.75) is 20.3 Å². The van der Waals surface area contributed by atoms with E-state index in [1.807, 2.05) is 68.6 Å². The Morgan fingerprint density at radius 3 is 2.63 bits per heavy atom. The second-order valence-corrected chi connectivity index (χ2v) is 6.40. The number of benzene rings is 1. The molecule has 0 fully saturated rings. The normalized spacial score (nSPS) is 10.9. The summed E-state index contributed by atoms with van der Waals surface area (Å²) in [6.07, 6.45) is 2.48. The van der Waals surface area contributed by atoms with Gasteiger partial charge in [-0.25, -0.2) is 0 Å². The van der Waals surface area contributed by atoms with E-state index >= 15 is 0 Å². The van der Waals surface area contributed by atoms with Crippen LogP contribution in [0.25, 0.3) is 16.6 Å². The van der Waals surface area contributed by atoms with Crippen molar-refractivity contribution in [3.8, 4) is 11.1 Å². The lowest BCUT2D eigenvalue weighted by atomic mass is 10.0. The standard InChI is InChI=1S/C22H24N2O3/c1-3-27-14-6-12-23-22(26)21(25)20-19(17-10-8-16(2)9-11-17)15-18-7-4-5-13-24(18)20/h4-5,7-11,13,15H,3,6,12,14H2,1-2H3,(H,23,26). The number of aromatic nitrogens is 1. The number of Topliss-reactive ketones (excluding diaryl/α,β-unsaturated/α-hetero) is 1. The molecule has 2 aromatic heterocycles. The lowest BCUT2D eigenvalue weighted by molar-refractivity contribution is -0.117. The Morgan fingerprint density at radius 1 is 1.11 bits per heavy atom. The molecule has 0 atom stereocenters. The summed E-state index contributed by atoms with van der Waals surface area (Å²) in [6.45, 7) is 5.55. The van der Waals surface area contributed by atoms with Crippen LogP contribution in [0.4, 0.5) is 0 Å². The van der Waals surface area contributed by atoms with E-state index < -0.39 is 11.7 Å². The van der Waals surface area contributed by atoms with Gasteiger partial charge in [-0.2, -0.15) is 0 Å². The molecule has 1 N–H and O–H groups in total. The van der Waals surface area contributed by atoms with Crippen LogP contribution in [0.2, 0.25) is 0 Å². The number of hydrogen-bond acceptors (Lipinski definition) is 3. The number of nitrogens with one attached hydrogen (secondary N) is 1. The van der Waals surface area contributed by atoms with Crippen molar-refractivity contribution in [2.75, 3.05) is 19.8 Å². The van der Waals surface area contributed by atoms with Crippen LogP contribution >= 0.6 is 0 Å². The number of rotatable bonds is 8. The highest BCUT2D eigenvalue weighted by atomic mass is 16.5. The van der Waals surface area contributed by atoms with Crippen LogP contribution in [-0.2, 0) is 9.53 Å². The first-order valence-electron chi connectivity index (χ1n) is 9.19. The van der Waals surface area contributed by atoms with Crippen LogP contribution in [0.3, 0.4) is 0 Å². The summed E-state index contributed by atoms with van der Waals surface area (Å²) in [6, 6.07) is 15.6. The highest BCUT2D eigenvalue weighted by molar-refractivity contribution is 6.43. The van der Waals surface area contributed by atoms with Crippen molar-refractivity contribution in [3.05, 3.63) is 66.0 Å². The topological polar surface area (TPSA) is 59.8 Å². The zero-order chi connectivity index (χ0) is 19.2. The monoisotopic (exact) mass is 364 g/mol. The maximum atomic E-state index is 12.9. The molecule has 0 unspecified atom stereocenters. The number of pyridine rings is 1. The van der Waals surface area contributed by atoms with E-state index in [4.69, 9.17) is 4.74 Å². The first kappa shape index (κ1) is 18.9. The van der Waals surface area contributed by atoms with Gasteiger partial charge in [-0.1, -0.05) is 35.9 Å². The van der Waals surface area contributed by atoms with Gasteiger partial charge in [-0.05, 0) is 44.0 Å². The molecule has 0 spiro atoms. The van der Waals surface area contributed by atoms with Gasteiger partial charge in [0.2, 0.25) is 0 Å². The van der Waals surface area contributed by atoms with Gasteiger partial charge in [0, 0.05) is 37.0 Å². The van der Waals surface area contributed by atoms with Crippen molar-refractivity contribution < 1.29 is 14.3 Å². The van der Waals surface area contributed by atoms with Gasteiger partial charge in [0.15, 0.2) is 0 Å². The quantitative estimate of drug-likeness (QED) is 0.377. The number of carbonyl (C=O) groups is 2. The molecule has 0 aliphatic heterocycles. The third kappa shape index (κ3) is 4.26. The number of aryl methyl sites for hydroxylation is 1. The minimum Gasteiger partial charge on any atom is -0.382 e. The van der Waals surface area contributed by atoms with E-state index in [-0.39, 0.29) is 0 Å². The molecule has 0 aliphatic rings. The van der Waals surface area contributed by atoms with Crippen molar-refractivity contribution in [2.24, 2.45) is 0 Å². The van der Waals surface area contributed by atoms with E-state index in [0.717, 1.165) is 22.2 Å². The lowest BCUT2D eigenvalue weighted by Gasteiger charge is -2.08. The van der Waals surface area contributed by atoms with Gasteiger partial charge in [-0.15, -0.1) is 0 Å². The molecule has 27 heavy (non-hydrogen) atoms. The zero-order valence-corrected chi connectivity index (χ0v) is 15.7. The van der Waals surface area contributed by atoms with E-state index in [1.165, 1.54) is 0 Å². The number of amides is 1. The highest BCUT2D eigenvalue weighted by Crippen LogP contribution is 2.28. The molecule has 0 saturated carbocycles. The minimum absolute atomic E-state index is 0.386. The molecule has 0 radical (unpaired) electrons. The molecule has 0 bridgehead atoms. The van der Waals surface area contributed by atoms with E-state index in [2.05, 4.69) is 5.32 Å². The Kier molecular flexibility index (Phi) is 6.04. The summed E-state index contributed by atoms with van der Waals surface area (Å²) < 4.78 is 7.03. The fourth-order valence-electron chi connectivity index (χ4n) is 3.02. The first-order chi connectivity index (χ1) is 13.1. The molecular weight excluding hydrogens is 340 g/mol. The molecular formula is C22H24N2O3. The minimum atomic E-state index is -0.594. The summed E-state index contributed by atoms with van der Waals surface area (Å²) in [7, 11) is 0. The maximum Gasteiger partial charge on any atom is 0.294 e. The molecule has 3 aromatic rings. The van der Waals surface area contributed by atoms with Crippen LogP contribution in [0.15, 0.2) is 54.7 Å². The number of fused-ring (bicyclic) bond motifs is 1. The van der Waals surface area contributed by atoms with Gasteiger partial charge < -0.3 is 14.5 Å². The number of nitrogens with zero attached hydrogens (tertiary/aromatic N) is 1. The average Bonchev–Trinajstić information content (AvgIpc) is 3.07. The summed E-state index contributed by atoms with van der Waals surface area (Å²) >= 11 is 0. The van der Waals surface area contributed by atoms with Gasteiger partial charge >= 0.3 is 0 Å². The zero-order valence-electron chi connectivity index (χ0n) is 15.7. The molecule has 1 amide bonds. The molecule has 5 nitrogen and oxygen atoms in total. The predicted molar refractivity (Wildman–Crippen MR) is 106 cm³/mol. The fraction of sp³-hybridized carbons (Fsp3) is 0.273. The Hall–Kier alpha value is -2.92.